The Bertz CT molecular complexity index is 319. The first-order valence-electron chi connectivity index (χ1n) is 7.11. The Hall–Kier alpha value is -0.610. The maximum Gasteiger partial charge on any atom is 0.303 e. The molecule has 4 nitrogen and oxygen atoms in total. The largest absolute Gasteiger partial charge is 0.481 e. The van der Waals surface area contributed by atoms with Crippen molar-refractivity contribution in [3.63, 3.8) is 0 Å². The number of carboxylic acids is 1. The zero-order chi connectivity index (χ0) is 12.6. The molecule has 1 saturated heterocycles. The lowest BCUT2D eigenvalue weighted by atomic mass is 9.67. The third-order valence-electron chi connectivity index (χ3n) is 4.83. The van der Waals surface area contributed by atoms with Crippen molar-refractivity contribution in [3.8, 4) is 0 Å². The van der Waals surface area contributed by atoms with Crippen molar-refractivity contribution < 1.29 is 19.4 Å². The van der Waals surface area contributed by atoms with E-state index in [0.717, 1.165) is 38.0 Å². The molecule has 0 atom stereocenters. The minimum absolute atomic E-state index is 0.00750. The highest BCUT2D eigenvalue weighted by molar-refractivity contribution is 5.67. The van der Waals surface area contributed by atoms with Gasteiger partial charge < -0.3 is 14.6 Å². The number of ether oxygens (including phenoxy) is 2. The van der Waals surface area contributed by atoms with Crippen LogP contribution in [0.5, 0.6) is 0 Å². The normalized spacial score (nSPS) is 29.6. The molecule has 0 aromatic carbocycles. The Labute approximate surface area is 108 Å². The van der Waals surface area contributed by atoms with Crippen molar-refractivity contribution in [1.82, 2.24) is 0 Å². The first-order chi connectivity index (χ1) is 8.62. The van der Waals surface area contributed by atoms with Gasteiger partial charge in [0.25, 0.3) is 0 Å². The molecule has 0 amide bonds. The van der Waals surface area contributed by atoms with Gasteiger partial charge in [-0.3, -0.25) is 4.79 Å². The van der Waals surface area contributed by atoms with Gasteiger partial charge in [-0.05, 0) is 30.6 Å². The molecule has 0 bridgehead atoms. The lowest BCUT2D eigenvalue weighted by Crippen LogP contribution is -2.41. The monoisotopic (exact) mass is 254 g/mol. The van der Waals surface area contributed by atoms with E-state index in [-0.39, 0.29) is 11.2 Å². The van der Waals surface area contributed by atoms with Gasteiger partial charge in [-0.15, -0.1) is 0 Å². The van der Waals surface area contributed by atoms with Crippen molar-refractivity contribution in [1.29, 1.82) is 0 Å². The van der Waals surface area contributed by atoms with Crippen molar-refractivity contribution in [3.05, 3.63) is 0 Å². The van der Waals surface area contributed by atoms with Crippen LogP contribution in [0.25, 0.3) is 0 Å². The summed E-state index contributed by atoms with van der Waals surface area (Å²) in [6.07, 6.45) is 7.61. The quantitative estimate of drug-likeness (QED) is 0.837. The molecule has 0 radical (unpaired) electrons. The lowest BCUT2D eigenvalue weighted by Gasteiger charge is -2.43. The molecule has 2 aliphatic carbocycles. The van der Waals surface area contributed by atoms with Crippen LogP contribution in [0.4, 0.5) is 0 Å². The topological polar surface area (TPSA) is 55.8 Å². The molecule has 0 aromatic heterocycles. The molecule has 102 valence electrons. The van der Waals surface area contributed by atoms with Crippen molar-refractivity contribution in [2.75, 3.05) is 13.2 Å². The molecule has 18 heavy (non-hydrogen) atoms. The molecule has 1 heterocycles. The highest BCUT2D eigenvalue weighted by atomic mass is 16.7. The number of aliphatic carboxylic acids is 1. The van der Waals surface area contributed by atoms with Crippen LogP contribution in [0.2, 0.25) is 0 Å². The Balaban J connectivity index is 1.65. The number of carboxylic acid groups (broad SMARTS) is 1. The minimum atomic E-state index is -0.653. The zero-order valence-electron chi connectivity index (χ0n) is 10.8. The van der Waals surface area contributed by atoms with Gasteiger partial charge in [0.2, 0.25) is 0 Å². The van der Waals surface area contributed by atoms with Gasteiger partial charge >= 0.3 is 5.97 Å². The molecular weight excluding hydrogens is 232 g/mol. The smallest absolute Gasteiger partial charge is 0.303 e. The van der Waals surface area contributed by atoms with Gasteiger partial charge in [0, 0.05) is 12.8 Å². The Morgan fingerprint density at radius 1 is 1.11 bits per heavy atom. The van der Waals surface area contributed by atoms with Gasteiger partial charge in [0.15, 0.2) is 5.79 Å². The van der Waals surface area contributed by atoms with E-state index in [4.69, 9.17) is 14.6 Å². The fourth-order valence-electron chi connectivity index (χ4n) is 3.66. The lowest BCUT2D eigenvalue weighted by molar-refractivity contribution is -0.194. The highest BCUT2D eigenvalue weighted by Crippen LogP contribution is 2.53. The summed E-state index contributed by atoms with van der Waals surface area (Å²) < 4.78 is 11.5. The molecule has 4 heteroatoms. The van der Waals surface area contributed by atoms with Gasteiger partial charge in [0.1, 0.15) is 0 Å². The second-order valence-electron chi connectivity index (χ2n) is 6.33. The molecule has 3 aliphatic rings. The van der Waals surface area contributed by atoms with E-state index in [1.165, 1.54) is 12.8 Å². The van der Waals surface area contributed by atoms with E-state index in [1.54, 1.807) is 0 Å². The molecule has 2 saturated carbocycles. The van der Waals surface area contributed by atoms with E-state index in [1.807, 2.05) is 0 Å². The molecule has 3 fully saturated rings. The molecule has 0 unspecified atom stereocenters. The first kappa shape index (κ1) is 12.4. The molecule has 3 rings (SSSR count). The third-order valence-corrected chi connectivity index (χ3v) is 4.83. The summed E-state index contributed by atoms with van der Waals surface area (Å²) in [5.74, 6) is -0.241. The summed E-state index contributed by atoms with van der Waals surface area (Å²) >= 11 is 0. The van der Waals surface area contributed by atoms with Crippen molar-refractivity contribution in [2.45, 2.75) is 57.2 Å². The average Bonchev–Trinajstić information content (AvgIpc) is 3.01. The Kier molecular flexibility index (Phi) is 3.10. The predicted molar refractivity (Wildman–Crippen MR) is 65.1 cm³/mol. The molecule has 1 aliphatic heterocycles. The van der Waals surface area contributed by atoms with E-state index < -0.39 is 5.97 Å². The summed E-state index contributed by atoms with van der Waals surface area (Å²) in [5, 5.41) is 9.16. The van der Waals surface area contributed by atoms with Gasteiger partial charge in [-0.25, -0.2) is 0 Å². The van der Waals surface area contributed by atoms with Crippen LogP contribution in [0.15, 0.2) is 0 Å². The van der Waals surface area contributed by atoms with Gasteiger partial charge in [-0.2, -0.15) is 0 Å². The zero-order valence-corrected chi connectivity index (χ0v) is 10.8. The molecule has 0 aromatic rings. The second kappa shape index (κ2) is 4.49. The third kappa shape index (κ3) is 2.54. The predicted octanol–water partition coefficient (Wildman–Crippen LogP) is 2.56. The summed E-state index contributed by atoms with van der Waals surface area (Å²) in [6.45, 7) is 1.38. The van der Waals surface area contributed by atoms with Gasteiger partial charge in [-0.1, -0.05) is 12.8 Å². The van der Waals surface area contributed by atoms with Gasteiger partial charge in [0.05, 0.1) is 19.6 Å². The number of carbonyl (C=O) groups is 1. The summed E-state index contributed by atoms with van der Waals surface area (Å²) in [7, 11) is 0. The van der Waals surface area contributed by atoms with Crippen LogP contribution >= 0.6 is 0 Å². The van der Waals surface area contributed by atoms with Crippen LogP contribution in [-0.4, -0.2) is 30.1 Å². The van der Waals surface area contributed by atoms with E-state index in [9.17, 15) is 4.79 Å². The summed E-state index contributed by atoms with van der Waals surface area (Å²) in [4.78, 5) is 11.1. The fourth-order valence-corrected chi connectivity index (χ4v) is 3.66. The SMILES string of the molecule is O=C(O)CC1(CC2CC2)CCC2(CC1)OCCO2. The van der Waals surface area contributed by atoms with Crippen LogP contribution in [0.1, 0.15) is 51.4 Å². The van der Waals surface area contributed by atoms with Crippen LogP contribution < -0.4 is 0 Å². The minimum Gasteiger partial charge on any atom is -0.481 e. The highest BCUT2D eigenvalue weighted by Gasteiger charge is 2.48. The average molecular weight is 254 g/mol. The molecule has 1 spiro atoms. The Morgan fingerprint density at radius 3 is 2.22 bits per heavy atom. The number of rotatable bonds is 4. The van der Waals surface area contributed by atoms with E-state index >= 15 is 0 Å². The van der Waals surface area contributed by atoms with Crippen molar-refractivity contribution in [2.24, 2.45) is 11.3 Å². The van der Waals surface area contributed by atoms with Crippen LogP contribution in [-0.2, 0) is 14.3 Å². The Morgan fingerprint density at radius 2 is 1.72 bits per heavy atom. The second-order valence-corrected chi connectivity index (χ2v) is 6.33. The molecular formula is C14H22O4. The number of hydrogen-bond acceptors (Lipinski definition) is 3. The molecule has 1 N–H and O–H groups in total. The van der Waals surface area contributed by atoms with Crippen molar-refractivity contribution >= 4 is 5.97 Å². The standard InChI is InChI=1S/C14H22O4/c15-12(16)10-13(9-11-1-2-11)3-5-14(6-4-13)17-7-8-18-14/h11H,1-10H2,(H,15,16). The summed E-state index contributed by atoms with van der Waals surface area (Å²) in [5.41, 5.74) is 0.00750. The van der Waals surface area contributed by atoms with E-state index in [0.29, 0.717) is 19.6 Å². The number of hydrogen-bond donors (Lipinski definition) is 1. The maximum atomic E-state index is 11.1. The van der Waals surface area contributed by atoms with E-state index in [2.05, 4.69) is 0 Å². The van der Waals surface area contributed by atoms with Crippen LogP contribution in [0.3, 0.4) is 0 Å². The maximum absolute atomic E-state index is 11.1. The fraction of sp³-hybridized carbons (Fsp3) is 0.929. The first-order valence-corrected chi connectivity index (χ1v) is 7.11. The van der Waals surface area contributed by atoms with Crippen LogP contribution in [0, 0.1) is 11.3 Å². The summed E-state index contributed by atoms with van der Waals surface area (Å²) in [6, 6.07) is 0.